The van der Waals surface area contributed by atoms with Gasteiger partial charge in [0.05, 0.1) is 0 Å². The van der Waals surface area contributed by atoms with E-state index in [-0.39, 0.29) is 30.9 Å². The summed E-state index contributed by atoms with van der Waals surface area (Å²) in [6.45, 7) is 6.39. The molecule has 0 aliphatic carbocycles. The van der Waals surface area contributed by atoms with Crippen molar-refractivity contribution in [1.82, 2.24) is 9.97 Å². The second kappa shape index (κ2) is 9.37. The van der Waals surface area contributed by atoms with Crippen molar-refractivity contribution in [3.63, 3.8) is 0 Å². The molecule has 6 heteroatoms. The van der Waals surface area contributed by atoms with Gasteiger partial charge in [-0.05, 0) is 18.8 Å². The molecule has 0 unspecified atom stereocenters. The first kappa shape index (κ1) is 19.4. The lowest BCUT2D eigenvalue weighted by molar-refractivity contribution is 0.472. The van der Waals surface area contributed by atoms with E-state index < -0.39 is 0 Å². The van der Waals surface area contributed by atoms with E-state index in [1.807, 2.05) is 6.20 Å². The van der Waals surface area contributed by atoms with Crippen LogP contribution in [0, 0.1) is 5.92 Å². The van der Waals surface area contributed by atoms with Crippen LogP contribution in [-0.2, 0) is 6.42 Å². The zero-order chi connectivity index (χ0) is 13.0. The van der Waals surface area contributed by atoms with Crippen LogP contribution in [0.15, 0.2) is 12.5 Å². The molecule has 2 atom stereocenters. The van der Waals surface area contributed by atoms with E-state index in [0.717, 1.165) is 31.7 Å². The minimum absolute atomic E-state index is 0. The Labute approximate surface area is 134 Å². The molecule has 0 saturated carbocycles. The van der Waals surface area contributed by atoms with Gasteiger partial charge in [0.15, 0.2) is 0 Å². The molecular weight excluding hydrogens is 295 g/mol. The second-order valence-electron chi connectivity index (χ2n) is 5.24. The monoisotopic (exact) mass is 320 g/mol. The molecular formula is C14H26Cl2N4. The Morgan fingerprint density at radius 2 is 2.00 bits per heavy atom. The van der Waals surface area contributed by atoms with Crippen LogP contribution in [0.2, 0.25) is 0 Å². The van der Waals surface area contributed by atoms with Gasteiger partial charge in [-0.3, -0.25) is 0 Å². The molecule has 1 aliphatic rings. The first-order valence-corrected chi connectivity index (χ1v) is 7.05. The fourth-order valence-corrected chi connectivity index (χ4v) is 2.83. The van der Waals surface area contributed by atoms with Crippen molar-refractivity contribution >= 4 is 30.6 Å². The maximum atomic E-state index is 6.23. The number of halogens is 2. The van der Waals surface area contributed by atoms with Crippen molar-refractivity contribution in [2.24, 2.45) is 11.7 Å². The van der Waals surface area contributed by atoms with Gasteiger partial charge in [0.1, 0.15) is 12.1 Å². The molecule has 20 heavy (non-hydrogen) atoms. The fraction of sp³-hybridized carbons (Fsp3) is 0.714. The maximum Gasteiger partial charge on any atom is 0.135 e. The molecule has 0 aromatic carbocycles. The van der Waals surface area contributed by atoms with Gasteiger partial charge in [-0.15, -0.1) is 24.8 Å². The van der Waals surface area contributed by atoms with E-state index in [2.05, 4.69) is 28.7 Å². The van der Waals surface area contributed by atoms with Crippen LogP contribution in [0.4, 0.5) is 5.82 Å². The van der Waals surface area contributed by atoms with Gasteiger partial charge >= 0.3 is 0 Å². The molecule has 1 saturated heterocycles. The Bertz CT molecular complexity index is 389. The number of nitrogens with zero attached hydrogens (tertiary/aromatic N) is 3. The standard InChI is InChI=1S/C14H24N4.2ClH/c1-3-5-11-7-16-10-17-14(11)18-8-12(6-4-2)13(15)9-18;;/h7,10,12-13H,3-6,8-9,15H2,1-2H3;2*1H/t12-,13-;;/m0../s1. The molecule has 2 heterocycles. The van der Waals surface area contributed by atoms with E-state index in [4.69, 9.17) is 5.73 Å². The molecule has 1 aromatic rings. The van der Waals surface area contributed by atoms with Gasteiger partial charge in [0.25, 0.3) is 0 Å². The van der Waals surface area contributed by atoms with Gasteiger partial charge < -0.3 is 10.6 Å². The van der Waals surface area contributed by atoms with E-state index in [0.29, 0.717) is 5.92 Å². The van der Waals surface area contributed by atoms with Gasteiger partial charge in [-0.2, -0.15) is 0 Å². The highest BCUT2D eigenvalue weighted by molar-refractivity contribution is 5.85. The van der Waals surface area contributed by atoms with Gasteiger partial charge in [-0.25, -0.2) is 9.97 Å². The molecule has 0 spiro atoms. The summed E-state index contributed by atoms with van der Waals surface area (Å²) in [5.41, 5.74) is 7.49. The van der Waals surface area contributed by atoms with Crippen LogP contribution >= 0.6 is 24.8 Å². The van der Waals surface area contributed by atoms with Crippen LogP contribution < -0.4 is 10.6 Å². The lowest BCUT2D eigenvalue weighted by Gasteiger charge is -2.20. The first-order chi connectivity index (χ1) is 8.76. The van der Waals surface area contributed by atoms with Crippen molar-refractivity contribution in [3.8, 4) is 0 Å². The van der Waals surface area contributed by atoms with Gasteiger partial charge in [-0.1, -0.05) is 26.7 Å². The predicted molar refractivity (Wildman–Crippen MR) is 89.1 cm³/mol. The normalized spacial score (nSPS) is 21.2. The summed E-state index contributed by atoms with van der Waals surface area (Å²) >= 11 is 0. The third-order valence-corrected chi connectivity index (χ3v) is 3.73. The topological polar surface area (TPSA) is 55.0 Å². The number of anilines is 1. The summed E-state index contributed by atoms with van der Waals surface area (Å²) in [6.07, 6.45) is 8.18. The molecule has 116 valence electrons. The minimum Gasteiger partial charge on any atom is -0.354 e. The summed E-state index contributed by atoms with van der Waals surface area (Å²) < 4.78 is 0. The molecule has 1 aromatic heterocycles. The Morgan fingerprint density at radius 1 is 1.25 bits per heavy atom. The molecule has 1 aliphatic heterocycles. The third-order valence-electron chi connectivity index (χ3n) is 3.73. The highest BCUT2D eigenvalue weighted by Crippen LogP contribution is 2.27. The maximum absolute atomic E-state index is 6.23. The van der Waals surface area contributed by atoms with Gasteiger partial charge in [0, 0.05) is 30.9 Å². The van der Waals surface area contributed by atoms with Crippen LogP contribution in [-0.4, -0.2) is 29.1 Å². The van der Waals surface area contributed by atoms with Crippen molar-refractivity contribution in [3.05, 3.63) is 18.1 Å². The summed E-state index contributed by atoms with van der Waals surface area (Å²) in [7, 11) is 0. The molecule has 2 N–H and O–H groups in total. The van der Waals surface area contributed by atoms with Crippen LogP contribution in [0.1, 0.15) is 38.7 Å². The average Bonchev–Trinajstić information content (AvgIpc) is 2.73. The first-order valence-electron chi connectivity index (χ1n) is 7.05. The molecule has 0 radical (unpaired) electrons. The number of hydrogen-bond acceptors (Lipinski definition) is 4. The molecule has 0 bridgehead atoms. The van der Waals surface area contributed by atoms with Gasteiger partial charge in [0.2, 0.25) is 0 Å². The number of aromatic nitrogens is 2. The van der Waals surface area contributed by atoms with Crippen molar-refractivity contribution < 1.29 is 0 Å². The van der Waals surface area contributed by atoms with Crippen molar-refractivity contribution in [1.29, 1.82) is 0 Å². The predicted octanol–water partition coefficient (Wildman–Crippen LogP) is 2.84. The quantitative estimate of drug-likeness (QED) is 0.906. The Kier molecular flexibility index (Phi) is 9.10. The average molecular weight is 321 g/mol. The zero-order valence-corrected chi connectivity index (χ0v) is 13.9. The van der Waals surface area contributed by atoms with E-state index in [1.54, 1.807) is 6.33 Å². The number of rotatable bonds is 5. The Hall–Kier alpha value is -0.580. The molecule has 2 rings (SSSR count). The van der Waals surface area contributed by atoms with Crippen LogP contribution in [0.25, 0.3) is 0 Å². The highest BCUT2D eigenvalue weighted by atomic mass is 35.5. The molecule has 1 fully saturated rings. The third kappa shape index (κ3) is 4.47. The summed E-state index contributed by atoms with van der Waals surface area (Å²) in [5.74, 6) is 1.71. The smallest absolute Gasteiger partial charge is 0.135 e. The summed E-state index contributed by atoms with van der Waals surface area (Å²) in [6, 6.07) is 0.286. The van der Waals surface area contributed by atoms with E-state index in [9.17, 15) is 0 Å². The zero-order valence-electron chi connectivity index (χ0n) is 12.3. The Morgan fingerprint density at radius 3 is 2.65 bits per heavy atom. The number of hydrogen-bond donors (Lipinski definition) is 1. The van der Waals surface area contributed by atoms with Crippen molar-refractivity contribution in [2.75, 3.05) is 18.0 Å². The lowest BCUT2D eigenvalue weighted by atomic mass is 9.99. The van der Waals surface area contributed by atoms with E-state index in [1.165, 1.54) is 18.4 Å². The fourth-order valence-electron chi connectivity index (χ4n) is 2.83. The Balaban J connectivity index is 0.00000180. The SMILES string of the molecule is CCCc1cncnc1N1C[C@H](CCC)[C@@H](N)C1.Cl.Cl. The number of nitrogens with two attached hydrogens (primary N) is 1. The van der Waals surface area contributed by atoms with Crippen molar-refractivity contribution in [2.45, 2.75) is 45.6 Å². The van der Waals surface area contributed by atoms with Crippen LogP contribution in [0.5, 0.6) is 0 Å². The van der Waals surface area contributed by atoms with Crippen LogP contribution in [0.3, 0.4) is 0 Å². The molecule has 0 amide bonds. The summed E-state index contributed by atoms with van der Waals surface area (Å²) in [4.78, 5) is 11.0. The minimum atomic E-state index is 0. The lowest BCUT2D eigenvalue weighted by Crippen LogP contribution is -2.30. The van der Waals surface area contributed by atoms with E-state index >= 15 is 0 Å². The largest absolute Gasteiger partial charge is 0.354 e. The highest BCUT2D eigenvalue weighted by Gasteiger charge is 2.30. The second-order valence-corrected chi connectivity index (χ2v) is 5.24. The summed E-state index contributed by atoms with van der Waals surface area (Å²) in [5, 5.41) is 0. The number of aryl methyl sites for hydroxylation is 1. The molecule has 4 nitrogen and oxygen atoms in total.